The van der Waals surface area contributed by atoms with Crippen LogP contribution in [0.4, 0.5) is 10.2 Å². The van der Waals surface area contributed by atoms with Gasteiger partial charge in [-0.25, -0.2) is 9.37 Å². The fourth-order valence-electron chi connectivity index (χ4n) is 2.84. The Kier molecular flexibility index (Phi) is 5.32. The minimum Gasteiger partial charge on any atom is -0.357 e. The van der Waals surface area contributed by atoms with E-state index in [4.69, 9.17) is 0 Å². The Morgan fingerprint density at radius 2 is 1.79 bits per heavy atom. The molecule has 1 aliphatic rings. The largest absolute Gasteiger partial charge is 0.357 e. The maximum Gasteiger partial charge on any atom is 0.207 e. The summed E-state index contributed by atoms with van der Waals surface area (Å²) in [6.07, 6.45) is 4.07. The zero-order chi connectivity index (χ0) is 16.8. The van der Waals surface area contributed by atoms with E-state index < -0.39 is 0 Å². The number of carbonyl (C=O) groups excluding carboxylic acids is 1. The molecule has 3 rings (SSSR count). The van der Waals surface area contributed by atoms with Crippen LogP contribution in [0.15, 0.2) is 36.7 Å². The van der Waals surface area contributed by atoms with Crippen molar-refractivity contribution in [2.75, 3.05) is 44.2 Å². The summed E-state index contributed by atoms with van der Waals surface area (Å²) in [6.45, 7) is 5.00. The Hall–Kier alpha value is -2.54. The van der Waals surface area contributed by atoms with Crippen LogP contribution in [-0.4, -0.2) is 60.5 Å². The van der Waals surface area contributed by atoms with Crippen molar-refractivity contribution < 1.29 is 9.18 Å². The molecule has 0 bridgehead atoms. The van der Waals surface area contributed by atoms with E-state index in [9.17, 15) is 9.18 Å². The van der Waals surface area contributed by atoms with E-state index in [0.717, 1.165) is 56.2 Å². The molecule has 0 radical (unpaired) electrons. The minimum atomic E-state index is -0.262. The Morgan fingerprint density at radius 1 is 1.08 bits per heavy atom. The van der Waals surface area contributed by atoms with Crippen molar-refractivity contribution in [2.45, 2.75) is 0 Å². The summed E-state index contributed by atoms with van der Waals surface area (Å²) in [6, 6.07) is 6.33. The van der Waals surface area contributed by atoms with Crippen LogP contribution >= 0.6 is 0 Å². The highest BCUT2D eigenvalue weighted by molar-refractivity contribution is 5.72. The summed E-state index contributed by atoms with van der Waals surface area (Å²) < 4.78 is 13.1. The van der Waals surface area contributed by atoms with Gasteiger partial charge in [-0.3, -0.25) is 14.7 Å². The van der Waals surface area contributed by atoms with Crippen molar-refractivity contribution >= 4 is 12.2 Å². The molecule has 2 heterocycles. The third kappa shape index (κ3) is 3.86. The monoisotopic (exact) mass is 329 g/mol. The molecule has 1 aliphatic heterocycles. The van der Waals surface area contributed by atoms with Crippen LogP contribution < -0.4 is 10.2 Å². The zero-order valence-electron chi connectivity index (χ0n) is 13.4. The predicted molar refractivity (Wildman–Crippen MR) is 90.1 cm³/mol. The SMILES string of the molecule is O=CNCCN1CCN(c2nccnc2-c2ccc(F)cc2)CC1. The van der Waals surface area contributed by atoms with Gasteiger partial charge < -0.3 is 10.2 Å². The van der Waals surface area contributed by atoms with E-state index in [-0.39, 0.29) is 5.82 Å². The van der Waals surface area contributed by atoms with Gasteiger partial charge in [0.25, 0.3) is 0 Å². The molecule has 1 saturated heterocycles. The van der Waals surface area contributed by atoms with Gasteiger partial charge >= 0.3 is 0 Å². The van der Waals surface area contributed by atoms with E-state index in [1.54, 1.807) is 24.5 Å². The topological polar surface area (TPSA) is 61.4 Å². The molecule has 1 aromatic carbocycles. The number of anilines is 1. The van der Waals surface area contributed by atoms with Gasteiger partial charge in [0.15, 0.2) is 5.82 Å². The van der Waals surface area contributed by atoms with Crippen LogP contribution in [0.25, 0.3) is 11.3 Å². The van der Waals surface area contributed by atoms with Gasteiger partial charge in [-0.15, -0.1) is 0 Å². The standard InChI is InChI=1S/C17H20FN5O/c18-15-3-1-14(2-4-15)16-17(21-6-5-20-16)23-11-9-22(10-12-23)8-7-19-13-24/h1-6,13H,7-12H2,(H,19,24). The lowest BCUT2D eigenvalue weighted by molar-refractivity contribution is -0.109. The second-order valence-corrected chi connectivity index (χ2v) is 5.64. The number of amides is 1. The Bertz CT molecular complexity index is 671. The number of rotatable bonds is 6. The van der Waals surface area contributed by atoms with Gasteiger partial charge in [0.2, 0.25) is 6.41 Å². The quantitative estimate of drug-likeness (QED) is 0.636. The lowest BCUT2D eigenvalue weighted by Crippen LogP contribution is -2.48. The Labute approximate surface area is 140 Å². The molecule has 0 atom stereocenters. The first-order valence-corrected chi connectivity index (χ1v) is 7.99. The maximum absolute atomic E-state index is 13.1. The summed E-state index contributed by atoms with van der Waals surface area (Å²) in [7, 11) is 0. The van der Waals surface area contributed by atoms with Gasteiger partial charge in [0, 0.05) is 57.2 Å². The summed E-state index contributed by atoms with van der Waals surface area (Å²) in [5, 5.41) is 2.68. The highest BCUT2D eigenvalue weighted by Gasteiger charge is 2.21. The van der Waals surface area contributed by atoms with Gasteiger partial charge in [-0.1, -0.05) is 0 Å². The van der Waals surface area contributed by atoms with E-state index >= 15 is 0 Å². The number of benzene rings is 1. The highest BCUT2D eigenvalue weighted by atomic mass is 19.1. The van der Waals surface area contributed by atoms with E-state index in [1.807, 2.05) is 0 Å². The first kappa shape index (κ1) is 16.3. The number of piperazine rings is 1. The number of nitrogens with zero attached hydrogens (tertiary/aromatic N) is 4. The summed E-state index contributed by atoms with van der Waals surface area (Å²) in [4.78, 5) is 23.7. The van der Waals surface area contributed by atoms with Crippen molar-refractivity contribution in [3.05, 3.63) is 42.5 Å². The molecule has 1 fully saturated rings. The van der Waals surface area contributed by atoms with Crippen LogP contribution in [0, 0.1) is 5.82 Å². The molecule has 0 aliphatic carbocycles. The molecule has 1 amide bonds. The third-order valence-corrected chi connectivity index (χ3v) is 4.12. The molecule has 0 saturated carbocycles. The molecule has 6 nitrogen and oxygen atoms in total. The first-order valence-electron chi connectivity index (χ1n) is 7.99. The fraction of sp³-hybridized carbons (Fsp3) is 0.353. The molecule has 126 valence electrons. The molecule has 0 spiro atoms. The first-order chi connectivity index (χ1) is 11.8. The normalized spacial score (nSPS) is 15.3. The van der Waals surface area contributed by atoms with Crippen LogP contribution in [0.5, 0.6) is 0 Å². The van der Waals surface area contributed by atoms with Gasteiger partial charge in [-0.05, 0) is 24.3 Å². The van der Waals surface area contributed by atoms with Crippen molar-refractivity contribution in [3.63, 3.8) is 0 Å². The van der Waals surface area contributed by atoms with Gasteiger partial charge in [-0.2, -0.15) is 0 Å². The molecule has 24 heavy (non-hydrogen) atoms. The molecule has 2 aromatic rings. The van der Waals surface area contributed by atoms with Gasteiger partial charge in [0.05, 0.1) is 0 Å². The third-order valence-electron chi connectivity index (χ3n) is 4.12. The molecule has 7 heteroatoms. The average molecular weight is 329 g/mol. The molecule has 1 N–H and O–H groups in total. The number of halogens is 1. The lowest BCUT2D eigenvalue weighted by atomic mass is 10.1. The molecular formula is C17H20FN5O. The fourth-order valence-corrected chi connectivity index (χ4v) is 2.84. The van der Waals surface area contributed by atoms with Gasteiger partial charge in [0.1, 0.15) is 11.5 Å². The lowest BCUT2D eigenvalue weighted by Gasteiger charge is -2.35. The van der Waals surface area contributed by atoms with Crippen LogP contribution in [-0.2, 0) is 4.79 Å². The number of hydrogen-bond donors (Lipinski definition) is 1. The minimum absolute atomic E-state index is 0.262. The van der Waals surface area contributed by atoms with E-state index in [2.05, 4.69) is 25.1 Å². The predicted octanol–water partition coefficient (Wildman–Crippen LogP) is 1.15. The van der Waals surface area contributed by atoms with E-state index in [0.29, 0.717) is 6.54 Å². The highest BCUT2D eigenvalue weighted by Crippen LogP contribution is 2.27. The average Bonchev–Trinajstić information content (AvgIpc) is 2.63. The van der Waals surface area contributed by atoms with Crippen molar-refractivity contribution in [1.29, 1.82) is 0 Å². The Balaban J connectivity index is 1.70. The number of aromatic nitrogens is 2. The van der Waals surface area contributed by atoms with Crippen molar-refractivity contribution in [2.24, 2.45) is 0 Å². The number of hydrogen-bond acceptors (Lipinski definition) is 5. The second kappa shape index (κ2) is 7.83. The zero-order valence-corrected chi connectivity index (χ0v) is 13.4. The molecule has 0 unspecified atom stereocenters. The smallest absolute Gasteiger partial charge is 0.207 e. The summed E-state index contributed by atoms with van der Waals surface area (Å²) in [5.41, 5.74) is 1.63. The maximum atomic E-state index is 13.1. The van der Waals surface area contributed by atoms with Crippen molar-refractivity contribution in [3.8, 4) is 11.3 Å². The second-order valence-electron chi connectivity index (χ2n) is 5.64. The van der Waals surface area contributed by atoms with Crippen LogP contribution in [0.2, 0.25) is 0 Å². The van der Waals surface area contributed by atoms with Crippen molar-refractivity contribution in [1.82, 2.24) is 20.2 Å². The van der Waals surface area contributed by atoms with Crippen LogP contribution in [0.1, 0.15) is 0 Å². The number of carbonyl (C=O) groups is 1. The Morgan fingerprint density at radius 3 is 2.50 bits per heavy atom. The summed E-state index contributed by atoms with van der Waals surface area (Å²) >= 11 is 0. The molecule has 1 aromatic heterocycles. The number of nitrogens with one attached hydrogen (secondary N) is 1. The summed E-state index contributed by atoms with van der Waals surface area (Å²) in [5.74, 6) is 0.566. The van der Waals surface area contributed by atoms with E-state index in [1.165, 1.54) is 12.1 Å². The molecular weight excluding hydrogens is 309 g/mol. The van der Waals surface area contributed by atoms with Crippen LogP contribution in [0.3, 0.4) is 0 Å².